The third kappa shape index (κ3) is 7.84. The standard InChI is InChI=1S/C25H31FN4O4/c26-21-9-6-18(7-10-21)25(19-8-11-22(27)20(12-19)14-28-15-24(32)33)30-34-16-23(31)29-13-17-4-2-1-3-5-17/h6-12,17,28H,1-5,13-16,27H2,(H,29,31)(H,32,33). The summed E-state index contributed by atoms with van der Waals surface area (Å²) in [4.78, 5) is 28.4. The molecule has 0 saturated heterocycles. The summed E-state index contributed by atoms with van der Waals surface area (Å²) in [6.07, 6.45) is 5.94. The Kier molecular flexibility index (Phi) is 9.40. The number of aliphatic carboxylic acids is 1. The number of halogens is 1. The van der Waals surface area contributed by atoms with E-state index >= 15 is 0 Å². The van der Waals surface area contributed by atoms with Crippen LogP contribution in [0.4, 0.5) is 10.1 Å². The van der Waals surface area contributed by atoms with E-state index < -0.39 is 5.97 Å². The highest BCUT2D eigenvalue weighted by Crippen LogP contribution is 2.22. The average molecular weight is 471 g/mol. The quantitative estimate of drug-likeness (QED) is 0.227. The van der Waals surface area contributed by atoms with Gasteiger partial charge in [0.15, 0.2) is 6.61 Å². The molecule has 1 aliphatic carbocycles. The molecule has 0 atom stereocenters. The fourth-order valence-electron chi connectivity index (χ4n) is 3.95. The highest BCUT2D eigenvalue weighted by atomic mass is 19.1. The van der Waals surface area contributed by atoms with Crippen LogP contribution in [0.25, 0.3) is 0 Å². The van der Waals surface area contributed by atoms with Crippen molar-refractivity contribution in [3.8, 4) is 0 Å². The van der Waals surface area contributed by atoms with Gasteiger partial charge in [-0.25, -0.2) is 4.39 Å². The fourth-order valence-corrected chi connectivity index (χ4v) is 3.95. The van der Waals surface area contributed by atoms with Gasteiger partial charge in [0.1, 0.15) is 11.5 Å². The summed E-state index contributed by atoms with van der Waals surface area (Å²) in [5.74, 6) is -1.09. The molecule has 0 aliphatic heterocycles. The molecule has 2 aromatic carbocycles. The maximum absolute atomic E-state index is 13.5. The maximum Gasteiger partial charge on any atom is 0.317 e. The predicted molar refractivity (Wildman–Crippen MR) is 128 cm³/mol. The molecule has 1 fully saturated rings. The minimum Gasteiger partial charge on any atom is -0.480 e. The molecule has 8 nitrogen and oxygen atoms in total. The van der Waals surface area contributed by atoms with Crippen LogP contribution in [0.15, 0.2) is 47.6 Å². The zero-order chi connectivity index (χ0) is 24.3. The van der Waals surface area contributed by atoms with Crippen molar-refractivity contribution in [1.82, 2.24) is 10.6 Å². The van der Waals surface area contributed by atoms with Crippen molar-refractivity contribution in [2.45, 2.75) is 38.6 Å². The second kappa shape index (κ2) is 12.7. The largest absolute Gasteiger partial charge is 0.480 e. The zero-order valence-corrected chi connectivity index (χ0v) is 19.1. The lowest BCUT2D eigenvalue weighted by Crippen LogP contribution is -2.32. The van der Waals surface area contributed by atoms with Gasteiger partial charge in [-0.05, 0) is 60.7 Å². The predicted octanol–water partition coefficient (Wildman–Crippen LogP) is 3.05. The van der Waals surface area contributed by atoms with Gasteiger partial charge in [-0.1, -0.05) is 30.5 Å². The summed E-state index contributed by atoms with van der Waals surface area (Å²) in [6, 6.07) is 11.0. The molecule has 0 aromatic heterocycles. The Morgan fingerprint density at radius 1 is 1.09 bits per heavy atom. The van der Waals surface area contributed by atoms with Crippen molar-refractivity contribution in [2.24, 2.45) is 11.1 Å². The van der Waals surface area contributed by atoms with Crippen molar-refractivity contribution >= 4 is 23.3 Å². The van der Waals surface area contributed by atoms with Crippen molar-refractivity contribution in [2.75, 3.05) is 25.4 Å². The molecule has 34 heavy (non-hydrogen) atoms. The average Bonchev–Trinajstić information content (AvgIpc) is 2.83. The Hall–Kier alpha value is -3.46. The van der Waals surface area contributed by atoms with E-state index in [-0.39, 0.29) is 31.4 Å². The summed E-state index contributed by atoms with van der Waals surface area (Å²) in [7, 11) is 0. The van der Waals surface area contributed by atoms with Gasteiger partial charge in [-0.15, -0.1) is 0 Å². The highest BCUT2D eigenvalue weighted by Gasteiger charge is 2.15. The first kappa shape index (κ1) is 25.2. The van der Waals surface area contributed by atoms with E-state index in [9.17, 15) is 14.0 Å². The SMILES string of the molecule is Nc1ccc(C(=NOCC(=O)NCC2CCCCC2)c2ccc(F)cc2)cc1CNCC(=O)O. The molecular weight excluding hydrogens is 439 g/mol. The Labute approximate surface area is 198 Å². The lowest BCUT2D eigenvalue weighted by Gasteiger charge is -2.21. The third-order valence-electron chi connectivity index (χ3n) is 5.79. The smallest absolute Gasteiger partial charge is 0.317 e. The molecule has 3 rings (SSSR count). The number of carboxylic acid groups (broad SMARTS) is 1. The molecule has 1 saturated carbocycles. The van der Waals surface area contributed by atoms with E-state index in [4.69, 9.17) is 15.7 Å². The van der Waals surface area contributed by atoms with E-state index in [1.165, 1.54) is 31.4 Å². The first-order chi connectivity index (χ1) is 16.4. The molecule has 9 heteroatoms. The van der Waals surface area contributed by atoms with Gasteiger partial charge in [-0.3, -0.25) is 9.59 Å². The van der Waals surface area contributed by atoms with Crippen LogP contribution in [0.2, 0.25) is 0 Å². The van der Waals surface area contributed by atoms with Gasteiger partial charge in [-0.2, -0.15) is 0 Å². The topological polar surface area (TPSA) is 126 Å². The van der Waals surface area contributed by atoms with Crippen LogP contribution in [-0.4, -0.2) is 42.4 Å². The van der Waals surface area contributed by atoms with Crippen LogP contribution < -0.4 is 16.4 Å². The number of amides is 1. The molecule has 182 valence electrons. The molecule has 0 unspecified atom stereocenters. The summed E-state index contributed by atoms with van der Waals surface area (Å²) in [6.45, 7) is 0.440. The van der Waals surface area contributed by atoms with Crippen LogP contribution in [0.1, 0.15) is 48.8 Å². The van der Waals surface area contributed by atoms with Crippen molar-refractivity contribution < 1.29 is 23.9 Å². The maximum atomic E-state index is 13.5. The molecule has 5 N–H and O–H groups in total. The summed E-state index contributed by atoms with van der Waals surface area (Å²) >= 11 is 0. The van der Waals surface area contributed by atoms with Gasteiger partial charge in [0.2, 0.25) is 0 Å². The van der Waals surface area contributed by atoms with Gasteiger partial charge in [0.25, 0.3) is 5.91 Å². The molecule has 0 bridgehead atoms. The van der Waals surface area contributed by atoms with Gasteiger partial charge in [0, 0.05) is 29.9 Å². The van der Waals surface area contributed by atoms with Crippen molar-refractivity contribution in [1.29, 1.82) is 0 Å². The number of anilines is 1. The Morgan fingerprint density at radius 3 is 2.50 bits per heavy atom. The van der Waals surface area contributed by atoms with E-state index in [1.54, 1.807) is 30.3 Å². The van der Waals surface area contributed by atoms with Gasteiger partial charge >= 0.3 is 5.97 Å². The number of carbonyl (C=O) groups excluding carboxylic acids is 1. The van der Waals surface area contributed by atoms with E-state index in [2.05, 4.69) is 15.8 Å². The normalized spacial score (nSPS) is 14.6. The minimum absolute atomic E-state index is 0.207. The number of hydrogen-bond acceptors (Lipinski definition) is 6. The fraction of sp³-hybridized carbons (Fsp3) is 0.400. The number of nitrogens with one attached hydrogen (secondary N) is 2. The zero-order valence-electron chi connectivity index (χ0n) is 19.1. The summed E-state index contributed by atoms with van der Waals surface area (Å²) < 4.78 is 13.5. The molecule has 0 spiro atoms. The number of carbonyl (C=O) groups is 2. The van der Waals surface area contributed by atoms with Crippen molar-refractivity contribution in [3.05, 3.63) is 65.0 Å². The highest BCUT2D eigenvalue weighted by molar-refractivity contribution is 6.12. The monoisotopic (exact) mass is 470 g/mol. The number of nitrogens with zero attached hydrogens (tertiary/aromatic N) is 1. The lowest BCUT2D eigenvalue weighted by molar-refractivity contribution is -0.136. The minimum atomic E-state index is -0.974. The second-order valence-electron chi connectivity index (χ2n) is 8.44. The van der Waals surface area contributed by atoms with Gasteiger partial charge < -0.3 is 26.3 Å². The van der Waals surface area contributed by atoms with Crippen LogP contribution in [-0.2, 0) is 21.0 Å². The third-order valence-corrected chi connectivity index (χ3v) is 5.79. The van der Waals surface area contributed by atoms with E-state index in [0.717, 1.165) is 12.8 Å². The number of hydrogen-bond donors (Lipinski definition) is 4. The number of rotatable bonds is 11. The number of nitrogens with two attached hydrogens (primary N) is 1. The number of oxime groups is 1. The van der Waals surface area contributed by atoms with Gasteiger partial charge in [0.05, 0.1) is 6.54 Å². The summed E-state index contributed by atoms with van der Waals surface area (Å²) in [5, 5.41) is 18.7. The molecule has 2 aromatic rings. The second-order valence-corrected chi connectivity index (χ2v) is 8.44. The number of nitrogen functional groups attached to an aromatic ring is 1. The first-order valence-corrected chi connectivity index (χ1v) is 11.5. The van der Waals surface area contributed by atoms with E-state index in [1.807, 2.05) is 0 Å². The van der Waals surface area contributed by atoms with Crippen molar-refractivity contribution in [3.63, 3.8) is 0 Å². The lowest BCUT2D eigenvalue weighted by atomic mass is 9.89. The Bertz CT molecular complexity index is 1000. The molecule has 0 heterocycles. The molecule has 1 aliphatic rings. The van der Waals surface area contributed by atoms with Crippen LogP contribution in [0, 0.1) is 11.7 Å². The van der Waals surface area contributed by atoms with Crippen LogP contribution in [0.3, 0.4) is 0 Å². The Balaban J connectivity index is 1.71. The van der Waals surface area contributed by atoms with Crippen LogP contribution >= 0.6 is 0 Å². The van der Waals surface area contributed by atoms with E-state index in [0.29, 0.717) is 40.6 Å². The first-order valence-electron chi connectivity index (χ1n) is 11.5. The molecule has 0 radical (unpaired) electrons. The number of benzene rings is 2. The summed E-state index contributed by atoms with van der Waals surface area (Å²) in [5.41, 5.74) is 8.84. The Morgan fingerprint density at radius 2 is 1.79 bits per heavy atom. The molecule has 1 amide bonds. The number of carboxylic acids is 1. The molecular formula is C25H31FN4O4. The van der Waals surface area contributed by atoms with Crippen LogP contribution in [0.5, 0.6) is 0 Å².